The molecule has 4 aliphatic rings. The van der Waals surface area contributed by atoms with E-state index in [0.29, 0.717) is 0 Å². The summed E-state index contributed by atoms with van der Waals surface area (Å²) >= 11 is 0. The van der Waals surface area contributed by atoms with E-state index in [1.807, 2.05) is 6.20 Å². The molecule has 23 heavy (non-hydrogen) atoms. The van der Waals surface area contributed by atoms with E-state index in [1.54, 1.807) is 0 Å². The molecule has 1 aromatic carbocycles. The van der Waals surface area contributed by atoms with Gasteiger partial charge in [-0.2, -0.15) is 0 Å². The average Bonchev–Trinajstić information content (AvgIpc) is 2.98. The Morgan fingerprint density at radius 3 is 2.78 bits per heavy atom. The third-order valence-electron chi connectivity index (χ3n) is 5.82. The lowest BCUT2D eigenvalue weighted by Gasteiger charge is -2.52. The highest BCUT2D eigenvalue weighted by Crippen LogP contribution is 2.41. The molecule has 3 fully saturated rings. The number of nitrogens with one attached hydrogen (secondary N) is 2. The van der Waals surface area contributed by atoms with Crippen LogP contribution in [0.3, 0.4) is 0 Å². The van der Waals surface area contributed by atoms with Crippen LogP contribution in [0.2, 0.25) is 0 Å². The summed E-state index contributed by atoms with van der Waals surface area (Å²) in [5.74, 6) is 2.86. The van der Waals surface area contributed by atoms with Crippen molar-refractivity contribution in [3.05, 3.63) is 48.4 Å². The Balaban J connectivity index is 1.35. The standard InChI is InChI=1S/C19H22N4/c1-2-4-15-12-20-18(11-14(15)3-1)21-17-5-8-19(22-17)13-23-9-6-16(19)7-10-23/h1-5,11-12,16,22H,6-10,13H2,(H,20,21)/t19-/m0/s1. The number of hydrogen-bond acceptors (Lipinski definition) is 4. The summed E-state index contributed by atoms with van der Waals surface area (Å²) in [6.07, 6.45) is 8.06. The van der Waals surface area contributed by atoms with Crippen LogP contribution >= 0.6 is 0 Å². The fraction of sp³-hybridized carbons (Fsp3) is 0.421. The number of fused-ring (bicyclic) bond motifs is 3. The minimum absolute atomic E-state index is 0.260. The molecule has 1 aromatic heterocycles. The minimum Gasteiger partial charge on any atom is -0.365 e. The highest BCUT2D eigenvalue weighted by atomic mass is 15.3. The van der Waals surface area contributed by atoms with Crippen molar-refractivity contribution < 1.29 is 0 Å². The van der Waals surface area contributed by atoms with Crippen LogP contribution in [0.4, 0.5) is 5.82 Å². The van der Waals surface area contributed by atoms with Crippen LogP contribution in [0, 0.1) is 5.92 Å². The molecule has 4 nitrogen and oxygen atoms in total. The van der Waals surface area contributed by atoms with E-state index in [-0.39, 0.29) is 5.54 Å². The summed E-state index contributed by atoms with van der Waals surface area (Å²) in [4.78, 5) is 7.16. The van der Waals surface area contributed by atoms with Gasteiger partial charge in [-0.1, -0.05) is 24.3 Å². The zero-order valence-corrected chi connectivity index (χ0v) is 13.3. The summed E-state index contributed by atoms with van der Waals surface area (Å²) in [6.45, 7) is 3.75. The Morgan fingerprint density at radius 1 is 1.17 bits per heavy atom. The predicted molar refractivity (Wildman–Crippen MR) is 93.1 cm³/mol. The Hall–Kier alpha value is -2.07. The van der Waals surface area contributed by atoms with Gasteiger partial charge in [-0.05, 0) is 55.8 Å². The summed E-state index contributed by atoms with van der Waals surface area (Å²) in [7, 11) is 0. The lowest BCUT2D eigenvalue weighted by molar-refractivity contribution is 0.0189. The van der Waals surface area contributed by atoms with Crippen molar-refractivity contribution in [3.8, 4) is 0 Å². The first-order chi connectivity index (χ1) is 11.3. The third-order valence-corrected chi connectivity index (χ3v) is 5.82. The Kier molecular flexibility index (Phi) is 2.89. The molecule has 2 aromatic rings. The zero-order valence-electron chi connectivity index (χ0n) is 13.3. The number of aromatic nitrogens is 1. The van der Waals surface area contributed by atoms with Crippen molar-refractivity contribution >= 4 is 16.6 Å². The fourth-order valence-electron chi connectivity index (χ4n) is 4.57. The monoisotopic (exact) mass is 306 g/mol. The van der Waals surface area contributed by atoms with Crippen molar-refractivity contribution in [2.75, 3.05) is 25.0 Å². The van der Waals surface area contributed by atoms with Gasteiger partial charge in [0.05, 0.1) is 5.54 Å². The predicted octanol–water partition coefficient (Wildman–Crippen LogP) is 2.95. The van der Waals surface area contributed by atoms with Gasteiger partial charge in [-0.3, -0.25) is 0 Å². The maximum atomic E-state index is 4.55. The van der Waals surface area contributed by atoms with Crippen LogP contribution in [-0.2, 0) is 0 Å². The summed E-state index contributed by atoms with van der Waals surface area (Å²) in [5.41, 5.74) is 0.260. The van der Waals surface area contributed by atoms with E-state index in [4.69, 9.17) is 0 Å². The zero-order chi connectivity index (χ0) is 15.3. The number of nitrogens with zero attached hydrogens (tertiary/aromatic N) is 2. The normalized spacial score (nSPS) is 32.1. The van der Waals surface area contributed by atoms with Gasteiger partial charge in [0.15, 0.2) is 0 Å². The van der Waals surface area contributed by atoms with E-state index in [9.17, 15) is 0 Å². The van der Waals surface area contributed by atoms with Gasteiger partial charge >= 0.3 is 0 Å². The van der Waals surface area contributed by atoms with E-state index < -0.39 is 0 Å². The maximum absolute atomic E-state index is 4.55. The third kappa shape index (κ3) is 2.20. The molecule has 2 bridgehead atoms. The molecule has 118 valence electrons. The molecule has 4 heteroatoms. The van der Waals surface area contributed by atoms with Gasteiger partial charge in [0, 0.05) is 18.1 Å². The van der Waals surface area contributed by atoms with Crippen molar-refractivity contribution in [1.82, 2.24) is 15.2 Å². The summed E-state index contributed by atoms with van der Waals surface area (Å²) in [5, 5.41) is 9.69. The molecular weight excluding hydrogens is 284 g/mol. The van der Waals surface area contributed by atoms with Crippen molar-refractivity contribution in [2.24, 2.45) is 5.92 Å². The van der Waals surface area contributed by atoms with E-state index in [0.717, 1.165) is 24.0 Å². The van der Waals surface area contributed by atoms with Crippen molar-refractivity contribution in [2.45, 2.75) is 24.8 Å². The van der Waals surface area contributed by atoms with E-state index in [1.165, 1.54) is 43.2 Å². The Labute approximate surface area is 136 Å². The first-order valence-corrected chi connectivity index (χ1v) is 8.63. The van der Waals surface area contributed by atoms with Crippen molar-refractivity contribution in [1.29, 1.82) is 0 Å². The van der Waals surface area contributed by atoms with Gasteiger partial charge in [-0.15, -0.1) is 0 Å². The topological polar surface area (TPSA) is 40.2 Å². The average molecular weight is 306 g/mol. The number of benzene rings is 1. The molecule has 3 saturated heterocycles. The first-order valence-electron chi connectivity index (χ1n) is 8.63. The van der Waals surface area contributed by atoms with Crippen LogP contribution in [0.5, 0.6) is 0 Å². The molecular formula is C19H22N4. The first kappa shape index (κ1) is 13.4. The number of rotatable bonds is 2. The quantitative estimate of drug-likeness (QED) is 0.895. The van der Waals surface area contributed by atoms with E-state index in [2.05, 4.69) is 56.9 Å². The second-order valence-corrected chi connectivity index (χ2v) is 7.20. The Bertz CT molecular complexity index is 776. The molecule has 1 atom stereocenters. The largest absolute Gasteiger partial charge is 0.365 e. The van der Waals surface area contributed by atoms with Crippen LogP contribution in [0.15, 0.2) is 48.4 Å². The van der Waals surface area contributed by atoms with E-state index >= 15 is 0 Å². The molecule has 0 amide bonds. The molecule has 2 N–H and O–H groups in total. The van der Waals surface area contributed by atoms with Crippen molar-refractivity contribution in [3.63, 3.8) is 0 Å². The second-order valence-electron chi connectivity index (χ2n) is 7.20. The second kappa shape index (κ2) is 4.96. The lowest BCUT2D eigenvalue weighted by atomic mass is 9.72. The molecule has 4 aliphatic heterocycles. The molecule has 0 saturated carbocycles. The SMILES string of the molecule is C1=C(Nc2cc3ccccc3cn2)N[C@@]2(C1)CN1CCC2CC1. The number of pyridine rings is 1. The Morgan fingerprint density at radius 2 is 2.00 bits per heavy atom. The minimum atomic E-state index is 0.260. The molecule has 0 unspecified atom stereocenters. The number of anilines is 1. The van der Waals surface area contributed by atoms with Gasteiger partial charge in [0.1, 0.15) is 11.6 Å². The van der Waals surface area contributed by atoms with Crippen LogP contribution in [0.1, 0.15) is 19.3 Å². The van der Waals surface area contributed by atoms with Crippen LogP contribution in [-0.4, -0.2) is 35.1 Å². The van der Waals surface area contributed by atoms with Gasteiger partial charge in [0.2, 0.25) is 0 Å². The molecule has 5 heterocycles. The molecule has 1 spiro atoms. The summed E-state index contributed by atoms with van der Waals surface area (Å²) in [6, 6.07) is 10.5. The molecule has 0 radical (unpaired) electrons. The van der Waals surface area contributed by atoms with Gasteiger partial charge in [-0.25, -0.2) is 4.98 Å². The van der Waals surface area contributed by atoms with Crippen LogP contribution in [0.25, 0.3) is 10.8 Å². The highest BCUT2D eigenvalue weighted by Gasteiger charge is 2.48. The molecule has 6 rings (SSSR count). The number of hydrogen-bond donors (Lipinski definition) is 2. The van der Waals surface area contributed by atoms with Gasteiger partial charge < -0.3 is 15.5 Å². The number of piperidine rings is 3. The van der Waals surface area contributed by atoms with Gasteiger partial charge in [0.25, 0.3) is 0 Å². The van der Waals surface area contributed by atoms with Crippen LogP contribution < -0.4 is 10.6 Å². The fourth-order valence-corrected chi connectivity index (χ4v) is 4.57. The lowest BCUT2D eigenvalue weighted by Crippen LogP contribution is -2.64. The summed E-state index contributed by atoms with van der Waals surface area (Å²) < 4.78 is 0. The maximum Gasteiger partial charge on any atom is 0.131 e. The highest BCUT2D eigenvalue weighted by molar-refractivity contribution is 5.83. The smallest absolute Gasteiger partial charge is 0.131 e. The molecule has 0 aliphatic carbocycles.